The van der Waals surface area contributed by atoms with Crippen molar-refractivity contribution in [1.82, 2.24) is 25.7 Å². The molecule has 0 saturated carbocycles. The largest absolute Gasteiger partial charge is 0.354 e. The average molecular weight is 333 g/mol. The predicted molar refractivity (Wildman–Crippen MR) is 90.5 cm³/mol. The van der Waals surface area contributed by atoms with Crippen molar-refractivity contribution in [3.8, 4) is 0 Å². The molecule has 2 fully saturated rings. The van der Waals surface area contributed by atoms with E-state index < -0.39 is 0 Å². The van der Waals surface area contributed by atoms with Gasteiger partial charge in [0.15, 0.2) is 0 Å². The van der Waals surface area contributed by atoms with Crippen LogP contribution >= 0.6 is 0 Å². The lowest BCUT2D eigenvalue weighted by molar-refractivity contribution is -0.129. The molecular formula is C17H27N5O2. The molecule has 7 heteroatoms. The van der Waals surface area contributed by atoms with Crippen molar-refractivity contribution in [1.29, 1.82) is 0 Å². The van der Waals surface area contributed by atoms with Gasteiger partial charge in [0.1, 0.15) is 6.04 Å². The molecule has 0 spiro atoms. The van der Waals surface area contributed by atoms with Gasteiger partial charge in [-0.1, -0.05) is 0 Å². The van der Waals surface area contributed by atoms with Crippen molar-refractivity contribution in [2.24, 2.45) is 0 Å². The molecule has 1 aromatic heterocycles. The molecule has 0 aliphatic carbocycles. The highest BCUT2D eigenvalue weighted by molar-refractivity contribution is 5.88. The van der Waals surface area contributed by atoms with Gasteiger partial charge < -0.3 is 10.6 Å². The Bertz CT molecular complexity index is 585. The van der Waals surface area contributed by atoms with Gasteiger partial charge in [0.25, 0.3) is 0 Å². The minimum Gasteiger partial charge on any atom is -0.354 e. The van der Waals surface area contributed by atoms with Crippen LogP contribution < -0.4 is 10.6 Å². The molecular weight excluding hydrogens is 306 g/mol. The molecule has 2 atom stereocenters. The van der Waals surface area contributed by atoms with E-state index in [1.54, 1.807) is 0 Å². The third kappa shape index (κ3) is 4.35. The van der Waals surface area contributed by atoms with Gasteiger partial charge in [0.2, 0.25) is 11.8 Å². The first-order chi connectivity index (χ1) is 11.6. The summed E-state index contributed by atoms with van der Waals surface area (Å²) in [6, 6.07) is 1.71. The number of aromatic nitrogens is 2. The third-order valence-electron chi connectivity index (χ3n) is 4.89. The zero-order valence-electron chi connectivity index (χ0n) is 14.3. The summed E-state index contributed by atoms with van der Waals surface area (Å²) < 4.78 is 0. The molecule has 0 unspecified atom stereocenters. The standard InChI is InChI=1S/C17H27N5O2/c1-12-9-15(21-20-12)13-5-4-8-22(10-13)11-16(23)19-14-6-2-3-7-18-17(14)24/h9,13-14H,2-8,10-11H2,1H3,(H,18,24)(H,19,23)(H,20,21)/t13-,14-/m0/s1. The second kappa shape index (κ2) is 7.79. The van der Waals surface area contributed by atoms with Crippen LogP contribution in [0.1, 0.15) is 49.4 Å². The Morgan fingerprint density at radius 1 is 1.38 bits per heavy atom. The van der Waals surface area contributed by atoms with Crippen LogP contribution in [0.25, 0.3) is 0 Å². The normalized spacial score (nSPS) is 25.8. The van der Waals surface area contributed by atoms with Gasteiger partial charge >= 0.3 is 0 Å². The number of hydrogen-bond acceptors (Lipinski definition) is 4. The van der Waals surface area contributed by atoms with Gasteiger partial charge in [-0.05, 0) is 51.6 Å². The molecule has 0 aromatic carbocycles. The average Bonchev–Trinajstić information content (AvgIpc) is 2.90. The molecule has 2 aliphatic heterocycles. The number of piperidine rings is 1. The van der Waals surface area contributed by atoms with E-state index in [2.05, 4.69) is 31.8 Å². The Kier molecular flexibility index (Phi) is 5.50. The number of carbonyl (C=O) groups excluding carboxylic acids is 2. The summed E-state index contributed by atoms with van der Waals surface area (Å²) in [4.78, 5) is 26.4. The zero-order valence-corrected chi connectivity index (χ0v) is 14.3. The highest BCUT2D eigenvalue weighted by Crippen LogP contribution is 2.25. The van der Waals surface area contributed by atoms with E-state index in [4.69, 9.17) is 0 Å². The lowest BCUT2D eigenvalue weighted by Gasteiger charge is -2.31. The lowest BCUT2D eigenvalue weighted by Crippen LogP contribution is -2.49. The second-order valence-corrected chi connectivity index (χ2v) is 6.96. The number of hydrogen-bond donors (Lipinski definition) is 3. The van der Waals surface area contributed by atoms with Crippen LogP contribution in [0.3, 0.4) is 0 Å². The van der Waals surface area contributed by atoms with E-state index in [0.717, 1.165) is 56.6 Å². The molecule has 3 heterocycles. The Labute approximate surface area is 142 Å². The topological polar surface area (TPSA) is 90.1 Å². The first-order valence-corrected chi connectivity index (χ1v) is 8.93. The molecule has 1 aromatic rings. The lowest BCUT2D eigenvalue weighted by atomic mass is 9.94. The first-order valence-electron chi connectivity index (χ1n) is 8.93. The summed E-state index contributed by atoms with van der Waals surface area (Å²) >= 11 is 0. The van der Waals surface area contributed by atoms with E-state index in [1.807, 2.05) is 6.92 Å². The Hall–Kier alpha value is -1.89. The fourth-order valence-electron chi connectivity index (χ4n) is 3.61. The number of aryl methyl sites for hydroxylation is 1. The van der Waals surface area contributed by atoms with Crippen molar-refractivity contribution in [3.63, 3.8) is 0 Å². The van der Waals surface area contributed by atoms with E-state index in [-0.39, 0.29) is 17.9 Å². The summed E-state index contributed by atoms with van der Waals surface area (Å²) in [6.45, 7) is 4.83. The fourth-order valence-corrected chi connectivity index (χ4v) is 3.61. The number of nitrogens with zero attached hydrogens (tertiary/aromatic N) is 2. The fraction of sp³-hybridized carbons (Fsp3) is 0.706. The molecule has 0 radical (unpaired) electrons. The minimum atomic E-state index is -0.380. The monoisotopic (exact) mass is 333 g/mol. The molecule has 2 amide bonds. The van der Waals surface area contributed by atoms with Crippen LogP contribution in [0.2, 0.25) is 0 Å². The summed E-state index contributed by atoms with van der Waals surface area (Å²) in [6.07, 6.45) is 4.84. The molecule has 2 saturated heterocycles. The number of H-pyrrole nitrogens is 1. The number of nitrogens with one attached hydrogen (secondary N) is 3. The SMILES string of the molecule is Cc1cc([C@H]2CCCN(CC(=O)N[C@H]3CCCCNC3=O)C2)n[nH]1. The maximum atomic E-state index is 12.3. The van der Waals surface area contributed by atoms with E-state index in [0.29, 0.717) is 19.0 Å². The zero-order chi connectivity index (χ0) is 16.9. The summed E-state index contributed by atoms with van der Waals surface area (Å²) in [5.74, 6) is 0.262. The number of rotatable bonds is 4. The van der Waals surface area contributed by atoms with Gasteiger partial charge in [0.05, 0.1) is 12.2 Å². The molecule has 2 aliphatic rings. The highest BCUT2D eigenvalue weighted by Gasteiger charge is 2.26. The van der Waals surface area contributed by atoms with Crippen molar-refractivity contribution in [2.75, 3.05) is 26.2 Å². The predicted octanol–water partition coefficient (Wildman–Crippen LogP) is 0.682. The summed E-state index contributed by atoms with van der Waals surface area (Å²) in [5.41, 5.74) is 2.15. The quantitative estimate of drug-likeness (QED) is 0.756. The molecule has 3 N–H and O–H groups in total. The van der Waals surface area contributed by atoms with Crippen molar-refractivity contribution < 1.29 is 9.59 Å². The van der Waals surface area contributed by atoms with Crippen LogP contribution in [0.4, 0.5) is 0 Å². The molecule has 0 bridgehead atoms. The Morgan fingerprint density at radius 2 is 2.25 bits per heavy atom. The number of carbonyl (C=O) groups is 2. The Morgan fingerprint density at radius 3 is 3.04 bits per heavy atom. The Balaban J connectivity index is 1.51. The van der Waals surface area contributed by atoms with Gasteiger partial charge in [-0.15, -0.1) is 0 Å². The maximum absolute atomic E-state index is 12.3. The van der Waals surface area contributed by atoms with Crippen molar-refractivity contribution >= 4 is 11.8 Å². The van der Waals surface area contributed by atoms with Crippen LogP contribution in [0, 0.1) is 6.92 Å². The van der Waals surface area contributed by atoms with Crippen LogP contribution in [-0.4, -0.2) is 59.1 Å². The summed E-state index contributed by atoms with van der Waals surface area (Å²) in [7, 11) is 0. The highest BCUT2D eigenvalue weighted by atomic mass is 16.2. The molecule has 7 nitrogen and oxygen atoms in total. The number of amides is 2. The van der Waals surface area contributed by atoms with E-state index in [9.17, 15) is 9.59 Å². The van der Waals surface area contributed by atoms with Crippen LogP contribution in [-0.2, 0) is 9.59 Å². The minimum absolute atomic E-state index is 0.0515. The molecule has 3 rings (SSSR count). The first kappa shape index (κ1) is 17.0. The van der Waals surface area contributed by atoms with Crippen molar-refractivity contribution in [3.05, 3.63) is 17.5 Å². The second-order valence-electron chi connectivity index (χ2n) is 6.96. The molecule has 132 valence electrons. The molecule has 24 heavy (non-hydrogen) atoms. The smallest absolute Gasteiger partial charge is 0.242 e. The van der Waals surface area contributed by atoms with Crippen LogP contribution in [0.15, 0.2) is 6.07 Å². The van der Waals surface area contributed by atoms with Gasteiger partial charge in [-0.25, -0.2) is 0 Å². The third-order valence-corrected chi connectivity index (χ3v) is 4.89. The van der Waals surface area contributed by atoms with Crippen LogP contribution in [0.5, 0.6) is 0 Å². The van der Waals surface area contributed by atoms with Gasteiger partial charge in [0, 0.05) is 24.7 Å². The number of likely N-dealkylation sites (tertiary alicyclic amines) is 1. The summed E-state index contributed by atoms with van der Waals surface area (Å²) in [5, 5.41) is 13.1. The van der Waals surface area contributed by atoms with Gasteiger partial charge in [-0.2, -0.15) is 5.10 Å². The maximum Gasteiger partial charge on any atom is 0.242 e. The van der Waals surface area contributed by atoms with E-state index >= 15 is 0 Å². The number of aromatic amines is 1. The van der Waals surface area contributed by atoms with Crippen molar-refractivity contribution in [2.45, 2.75) is 51.0 Å². The van der Waals surface area contributed by atoms with Gasteiger partial charge in [-0.3, -0.25) is 19.6 Å². The van der Waals surface area contributed by atoms with E-state index in [1.165, 1.54) is 0 Å².